The highest BCUT2D eigenvalue weighted by Crippen LogP contribution is 2.37. The number of nitrogens with zero attached hydrogens (tertiary/aromatic N) is 2. The predicted octanol–water partition coefficient (Wildman–Crippen LogP) is 2.40. The van der Waals surface area contributed by atoms with Gasteiger partial charge in [-0.2, -0.15) is 4.31 Å². The molecule has 0 aliphatic heterocycles. The molecule has 1 saturated carbocycles. The molecule has 1 aliphatic carbocycles. The maximum absolute atomic E-state index is 12.8. The van der Waals surface area contributed by atoms with Crippen LogP contribution in [0, 0.1) is 5.92 Å². The molecule has 1 aliphatic rings. The second-order valence-electron chi connectivity index (χ2n) is 5.53. The smallest absolute Gasteiger partial charge is 0.260 e. The monoisotopic (exact) mass is 305 g/mol. The van der Waals surface area contributed by atoms with Crippen LogP contribution in [-0.4, -0.2) is 28.7 Å². The predicted molar refractivity (Wildman–Crippen MR) is 79.9 cm³/mol. The summed E-state index contributed by atoms with van der Waals surface area (Å²) in [7, 11) is -3.54. The van der Waals surface area contributed by atoms with Gasteiger partial charge in [0, 0.05) is 12.6 Å². The van der Waals surface area contributed by atoms with Gasteiger partial charge >= 0.3 is 0 Å². The maximum atomic E-state index is 12.8. The van der Waals surface area contributed by atoms with Gasteiger partial charge in [0.05, 0.1) is 12.5 Å². The Balaban J connectivity index is 1.92. The van der Waals surface area contributed by atoms with Crippen molar-refractivity contribution in [2.24, 2.45) is 5.92 Å². The Morgan fingerprint density at radius 2 is 2.05 bits per heavy atom. The van der Waals surface area contributed by atoms with Crippen molar-refractivity contribution in [1.29, 1.82) is 0 Å². The number of benzene rings is 1. The van der Waals surface area contributed by atoms with Crippen LogP contribution in [0.5, 0.6) is 0 Å². The number of rotatable bonds is 6. The summed E-state index contributed by atoms with van der Waals surface area (Å²) in [6, 6.07) is 9.70. The van der Waals surface area contributed by atoms with Crippen molar-refractivity contribution in [2.45, 2.75) is 37.4 Å². The number of aromatic nitrogens is 2. The lowest BCUT2D eigenvalue weighted by Crippen LogP contribution is -2.39. The Labute approximate surface area is 125 Å². The van der Waals surface area contributed by atoms with Crippen LogP contribution in [0.4, 0.5) is 0 Å². The number of hydrogen-bond acceptors (Lipinski definition) is 3. The van der Waals surface area contributed by atoms with Crippen LogP contribution in [0.15, 0.2) is 47.9 Å². The van der Waals surface area contributed by atoms with E-state index in [1.165, 1.54) is 12.5 Å². The molecule has 112 valence electrons. The van der Waals surface area contributed by atoms with Crippen molar-refractivity contribution in [1.82, 2.24) is 14.3 Å². The van der Waals surface area contributed by atoms with Crippen LogP contribution in [0.25, 0.3) is 0 Å². The summed E-state index contributed by atoms with van der Waals surface area (Å²) in [6.07, 6.45) is 4.97. The third-order valence-electron chi connectivity index (χ3n) is 4.00. The number of sulfonamides is 1. The molecule has 0 amide bonds. The van der Waals surface area contributed by atoms with E-state index in [0.717, 1.165) is 18.4 Å². The summed E-state index contributed by atoms with van der Waals surface area (Å²) >= 11 is 0. The Morgan fingerprint density at radius 1 is 1.33 bits per heavy atom. The molecule has 1 aromatic carbocycles. The summed E-state index contributed by atoms with van der Waals surface area (Å²) in [4.78, 5) is 6.55. The highest BCUT2D eigenvalue weighted by Gasteiger charge is 2.38. The molecule has 1 N–H and O–H groups in total. The molecule has 1 atom stereocenters. The molecule has 1 unspecified atom stereocenters. The lowest BCUT2D eigenvalue weighted by atomic mass is 10.2. The van der Waals surface area contributed by atoms with E-state index in [0.29, 0.717) is 12.5 Å². The normalized spacial score (nSPS) is 17.0. The summed E-state index contributed by atoms with van der Waals surface area (Å²) < 4.78 is 27.2. The van der Waals surface area contributed by atoms with Gasteiger partial charge in [0.2, 0.25) is 0 Å². The fourth-order valence-corrected chi connectivity index (χ4v) is 4.11. The molecular formula is C15H19N3O2S. The minimum atomic E-state index is -3.54. The molecule has 0 bridgehead atoms. The largest absolute Gasteiger partial charge is 0.335 e. The van der Waals surface area contributed by atoms with Crippen molar-refractivity contribution in [3.05, 3.63) is 48.4 Å². The number of imidazole rings is 1. The standard InChI is InChI=1S/C15H19N3O2S/c1-12(14-7-8-14)18(10-13-5-3-2-4-6-13)21(19,20)15-9-16-11-17-15/h2-6,9,11-12,14H,7-8,10H2,1H3,(H,16,17). The van der Waals surface area contributed by atoms with Gasteiger partial charge in [-0.1, -0.05) is 30.3 Å². The maximum Gasteiger partial charge on any atom is 0.260 e. The minimum absolute atomic E-state index is 0.00138. The highest BCUT2D eigenvalue weighted by atomic mass is 32.2. The summed E-state index contributed by atoms with van der Waals surface area (Å²) in [6.45, 7) is 2.38. The minimum Gasteiger partial charge on any atom is -0.335 e. The third-order valence-corrected chi connectivity index (χ3v) is 5.86. The molecular weight excluding hydrogens is 286 g/mol. The fraction of sp³-hybridized carbons (Fsp3) is 0.400. The van der Waals surface area contributed by atoms with Gasteiger partial charge in [0.1, 0.15) is 0 Å². The van der Waals surface area contributed by atoms with Crippen molar-refractivity contribution in [2.75, 3.05) is 0 Å². The van der Waals surface area contributed by atoms with Gasteiger partial charge in [-0.3, -0.25) is 0 Å². The SMILES string of the molecule is CC(C1CC1)N(Cc1ccccc1)S(=O)(=O)c1cnc[nH]1. The zero-order chi connectivity index (χ0) is 14.9. The van der Waals surface area contributed by atoms with Crippen molar-refractivity contribution in [3.8, 4) is 0 Å². The van der Waals surface area contributed by atoms with E-state index in [1.807, 2.05) is 37.3 Å². The molecule has 2 aromatic rings. The first-order valence-corrected chi connectivity index (χ1v) is 8.57. The van der Waals surface area contributed by atoms with Gasteiger partial charge in [0.15, 0.2) is 5.03 Å². The molecule has 21 heavy (non-hydrogen) atoms. The van der Waals surface area contributed by atoms with E-state index < -0.39 is 10.0 Å². The van der Waals surface area contributed by atoms with Gasteiger partial charge in [0.25, 0.3) is 10.0 Å². The topological polar surface area (TPSA) is 66.1 Å². The summed E-state index contributed by atoms with van der Waals surface area (Å²) in [5, 5.41) is 0.158. The van der Waals surface area contributed by atoms with E-state index in [2.05, 4.69) is 9.97 Å². The van der Waals surface area contributed by atoms with Gasteiger partial charge in [-0.05, 0) is 31.2 Å². The first kappa shape index (κ1) is 14.3. The van der Waals surface area contributed by atoms with Crippen molar-refractivity contribution < 1.29 is 8.42 Å². The zero-order valence-corrected chi connectivity index (χ0v) is 12.8. The van der Waals surface area contributed by atoms with Crippen LogP contribution < -0.4 is 0 Å². The summed E-state index contributed by atoms with van der Waals surface area (Å²) in [5.74, 6) is 0.464. The molecule has 1 aromatic heterocycles. The lowest BCUT2D eigenvalue weighted by molar-refractivity contribution is 0.302. The quantitative estimate of drug-likeness (QED) is 0.891. The zero-order valence-electron chi connectivity index (χ0n) is 11.9. The van der Waals surface area contributed by atoms with E-state index in [-0.39, 0.29) is 11.1 Å². The van der Waals surface area contributed by atoms with E-state index in [4.69, 9.17) is 0 Å². The average Bonchev–Trinajstić information content (AvgIpc) is 3.18. The third kappa shape index (κ3) is 3.01. The Bertz CT molecular complexity index is 679. The fourth-order valence-electron chi connectivity index (χ4n) is 2.54. The molecule has 1 heterocycles. The van der Waals surface area contributed by atoms with Crippen LogP contribution >= 0.6 is 0 Å². The number of aromatic amines is 1. The number of hydrogen-bond donors (Lipinski definition) is 1. The second-order valence-corrected chi connectivity index (χ2v) is 7.39. The molecule has 0 spiro atoms. The first-order valence-electron chi connectivity index (χ1n) is 7.13. The van der Waals surface area contributed by atoms with Gasteiger partial charge in [-0.25, -0.2) is 13.4 Å². The number of H-pyrrole nitrogens is 1. The Kier molecular flexibility index (Phi) is 3.82. The van der Waals surface area contributed by atoms with Gasteiger partial charge in [-0.15, -0.1) is 0 Å². The number of nitrogens with one attached hydrogen (secondary N) is 1. The van der Waals surface area contributed by atoms with Crippen molar-refractivity contribution in [3.63, 3.8) is 0 Å². The molecule has 1 fully saturated rings. The molecule has 0 saturated heterocycles. The second kappa shape index (κ2) is 5.61. The van der Waals surface area contributed by atoms with Crippen LogP contribution in [0.1, 0.15) is 25.3 Å². The van der Waals surface area contributed by atoms with Crippen LogP contribution in [-0.2, 0) is 16.6 Å². The Hall–Kier alpha value is -1.66. The van der Waals surface area contributed by atoms with Crippen LogP contribution in [0.3, 0.4) is 0 Å². The van der Waals surface area contributed by atoms with E-state index >= 15 is 0 Å². The van der Waals surface area contributed by atoms with Crippen molar-refractivity contribution >= 4 is 10.0 Å². The Morgan fingerprint density at radius 3 is 2.62 bits per heavy atom. The van der Waals surface area contributed by atoms with Crippen LogP contribution in [0.2, 0.25) is 0 Å². The molecule has 6 heteroatoms. The first-order chi connectivity index (χ1) is 10.1. The van der Waals surface area contributed by atoms with E-state index in [9.17, 15) is 8.42 Å². The molecule has 0 radical (unpaired) electrons. The molecule has 3 rings (SSSR count). The van der Waals surface area contributed by atoms with Gasteiger partial charge < -0.3 is 4.98 Å². The summed E-state index contributed by atoms with van der Waals surface area (Å²) in [5.41, 5.74) is 0.994. The lowest BCUT2D eigenvalue weighted by Gasteiger charge is -2.28. The molecule has 5 nitrogen and oxygen atoms in total. The average molecular weight is 305 g/mol. The van der Waals surface area contributed by atoms with E-state index in [1.54, 1.807) is 4.31 Å². The highest BCUT2D eigenvalue weighted by molar-refractivity contribution is 7.89.